The van der Waals surface area contributed by atoms with E-state index in [-0.39, 0.29) is 11.9 Å². The molecule has 0 aromatic carbocycles. The third-order valence-corrected chi connectivity index (χ3v) is 3.74. The largest absolute Gasteiger partial charge is 0.443 e. The lowest BCUT2D eigenvalue weighted by molar-refractivity contribution is -0.133. The number of halogens is 1. The van der Waals surface area contributed by atoms with Crippen molar-refractivity contribution in [2.24, 2.45) is 5.41 Å². The summed E-state index contributed by atoms with van der Waals surface area (Å²) in [4.78, 5) is 26.0. The summed E-state index contributed by atoms with van der Waals surface area (Å²) in [6, 6.07) is -0.233. The van der Waals surface area contributed by atoms with Gasteiger partial charge in [0.15, 0.2) is 0 Å². The Kier molecular flexibility index (Phi) is 3.48. The number of rotatable bonds is 0. The van der Waals surface area contributed by atoms with Gasteiger partial charge in [-0.1, -0.05) is 0 Å². The second-order valence-electron chi connectivity index (χ2n) is 6.54. The van der Waals surface area contributed by atoms with Crippen LogP contribution in [0.25, 0.3) is 0 Å². The van der Waals surface area contributed by atoms with E-state index in [0.717, 1.165) is 9.38 Å². The Bertz CT molecular complexity index is 529. The van der Waals surface area contributed by atoms with Crippen LogP contribution in [0.3, 0.4) is 0 Å². The first-order chi connectivity index (χ1) is 9.04. The average molecular weight is 343 g/mol. The van der Waals surface area contributed by atoms with Gasteiger partial charge in [0.05, 0.1) is 17.2 Å². The molecule has 0 bridgehead atoms. The van der Waals surface area contributed by atoms with Crippen molar-refractivity contribution in [3.63, 3.8) is 0 Å². The lowest BCUT2D eigenvalue weighted by Gasteiger charge is -2.27. The maximum Gasteiger partial charge on any atom is 0.421 e. The highest BCUT2D eigenvalue weighted by atomic mass is 79.9. The summed E-state index contributed by atoms with van der Waals surface area (Å²) in [6.45, 7) is 8.96. The number of fused-ring (bicyclic) bond motifs is 1. The second-order valence-corrected chi connectivity index (χ2v) is 7.46. The molecular weight excluding hydrogens is 324 g/mol. The molecule has 1 N–H and O–H groups in total. The van der Waals surface area contributed by atoms with Gasteiger partial charge in [-0.2, -0.15) is 0 Å². The average Bonchev–Trinajstić information content (AvgIpc) is 2.44. The first kappa shape index (κ1) is 15.1. The Morgan fingerprint density at radius 2 is 2.05 bits per heavy atom. The highest BCUT2D eigenvalue weighted by molar-refractivity contribution is 9.11. The highest BCUT2D eigenvalue weighted by Crippen LogP contribution is 2.41. The number of likely N-dealkylation sites (tertiary alicyclic amines) is 1. The summed E-state index contributed by atoms with van der Waals surface area (Å²) >= 11 is 3.35. The number of nitrogens with zero attached hydrogens (tertiary/aromatic N) is 1. The Balaban J connectivity index is 2.39. The van der Waals surface area contributed by atoms with E-state index in [1.807, 2.05) is 13.8 Å². The van der Waals surface area contributed by atoms with Crippen molar-refractivity contribution in [2.75, 3.05) is 0 Å². The SMILES string of the molecule is CC(C)(C)OC(=O)N1C(=O)C(C)(C)C2NC=C(Br)C=C21. The van der Waals surface area contributed by atoms with Gasteiger partial charge in [0.2, 0.25) is 5.91 Å². The third kappa shape index (κ3) is 2.49. The van der Waals surface area contributed by atoms with Crippen LogP contribution in [0.4, 0.5) is 4.79 Å². The fourth-order valence-corrected chi connectivity index (χ4v) is 2.68. The van der Waals surface area contributed by atoms with Gasteiger partial charge in [-0.25, -0.2) is 9.69 Å². The minimum atomic E-state index is -0.701. The predicted molar refractivity (Wildman–Crippen MR) is 78.9 cm³/mol. The van der Waals surface area contributed by atoms with E-state index in [0.29, 0.717) is 5.70 Å². The van der Waals surface area contributed by atoms with Gasteiger partial charge in [0, 0.05) is 10.7 Å². The number of allylic oxidation sites excluding steroid dienone is 2. The van der Waals surface area contributed by atoms with Crippen LogP contribution >= 0.6 is 15.9 Å². The van der Waals surface area contributed by atoms with Gasteiger partial charge < -0.3 is 10.1 Å². The molecule has 0 saturated carbocycles. The molecule has 2 rings (SSSR count). The van der Waals surface area contributed by atoms with E-state index in [2.05, 4.69) is 21.2 Å². The lowest BCUT2D eigenvalue weighted by atomic mass is 9.85. The van der Waals surface area contributed by atoms with Crippen LogP contribution in [0.1, 0.15) is 34.6 Å². The normalized spacial score (nSPS) is 24.6. The first-order valence-corrected chi connectivity index (χ1v) is 7.24. The van der Waals surface area contributed by atoms with Crippen molar-refractivity contribution in [3.05, 3.63) is 22.5 Å². The fraction of sp³-hybridized carbons (Fsp3) is 0.571. The summed E-state index contributed by atoms with van der Waals surface area (Å²) in [5.74, 6) is -0.258. The number of imide groups is 1. The van der Waals surface area contributed by atoms with Crippen molar-refractivity contribution >= 4 is 27.9 Å². The molecule has 2 heterocycles. The number of dihydropyridines is 1. The van der Waals surface area contributed by atoms with Crippen molar-refractivity contribution in [2.45, 2.75) is 46.3 Å². The smallest absolute Gasteiger partial charge is 0.421 e. The van der Waals surface area contributed by atoms with Crippen LogP contribution in [-0.2, 0) is 9.53 Å². The van der Waals surface area contributed by atoms with Crippen LogP contribution in [-0.4, -0.2) is 28.5 Å². The van der Waals surface area contributed by atoms with E-state index < -0.39 is 17.1 Å². The fourth-order valence-electron chi connectivity index (χ4n) is 2.31. The zero-order chi connectivity index (χ0) is 15.3. The summed E-state index contributed by atoms with van der Waals surface area (Å²) in [7, 11) is 0. The molecule has 6 heteroatoms. The van der Waals surface area contributed by atoms with Crippen LogP contribution in [0.2, 0.25) is 0 Å². The molecule has 2 amide bonds. The monoisotopic (exact) mass is 342 g/mol. The van der Waals surface area contributed by atoms with Crippen molar-refractivity contribution in [3.8, 4) is 0 Å². The van der Waals surface area contributed by atoms with Crippen molar-refractivity contribution < 1.29 is 14.3 Å². The number of amides is 2. The van der Waals surface area contributed by atoms with Gasteiger partial charge in [0.25, 0.3) is 0 Å². The van der Waals surface area contributed by atoms with Crippen molar-refractivity contribution in [1.29, 1.82) is 0 Å². The molecule has 1 fully saturated rings. The molecule has 2 aliphatic heterocycles. The van der Waals surface area contributed by atoms with Gasteiger partial charge in [-0.15, -0.1) is 0 Å². The van der Waals surface area contributed by atoms with Gasteiger partial charge in [-0.3, -0.25) is 4.79 Å². The quantitative estimate of drug-likeness (QED) is 0.735. The number of carbonyl (C=O) groups is 2. The molecule has 0 aromatic heterocycles. The predicted octanol–water partition coefficient (Wildman–Crippen LogP) is 2.88. The summed E-state index contributed by atoms with van der Waals surface area (Å²) in [5, 5.41) is 3.15. The van der Waals surface area contributed by atoms with E-state index in [4.69, 9.17) is 4.74 Å². The van der Waals surface area contributed by atoms with Gasteiger partial charge >= 0.3 is 6.09 Å². The number of carbonyl (C=O) groups excluding carboxylic acids is 2. The van der Waals surface area contributed by atoms with Crippen LogP contribution in [0.15, 0.2) is 22.5 Å². The van der Waals surface area contributed by atoms with E-state index in [1.54, 1.807) is 33.0 Å². The molecule has 5 nitrogen and oxygen atoms in total. The molecule has 1 saturated heterocycles. The molecule has 20 heavy (non-hydrogen) atoms. The molecule has 110 valence electrons. The lowest BCUT2D eigenvalue weighted by Crippen LogP contribution is -2.40. The molecule has 0 aliphatic carbocycles. The standard InChI is InChI=1S/C14H19BrN2O3/c1-13(2,3)20-12(19)17-9-6-8(15)7-16-10(9)14(4,5)11(17)18/h6-7,10,16H,1-5H3. The molecule has 2 aliphatic rings. The minimum Gasteiger partial charge on any atom is -0.443 e. The Hall–Kier alpha value is -1.30. The number of ether oxygens (including phenoxy) is 1. The van der Waals surface area contributed by atoms with Crippen LogP contribution in [0.5, 0.6) is 0 Å². The number of hydrogen-bond donors (Lipinski definition) is 1. The molecule has 1 atom stereocenters. The zero-order valence-electron chi connectivity index (χ0n) is 12.3. The molecule has 0 aromatic rings. The maximum atomic E-state index is 12.5. The third-order valence-electron chi connectivity index (χ3n) is 3.28. The molecule has 0 radical (unpaired) electrons. The molecule has 0 spiro atoms. The maximum absolute atomic E-state index is 12.5. The summed E-state index contributed by atoms with van der Waals surface area (Å²) < 4.78 is 6.11. The molecule has 1 unspecified atom stereocenters. The highest BCUT2D eigenvalue weighted by Gasteiger charge is 2.54. The van der Waals surface area contributed by atoms with Crippen molar-refractivity contribution in [1.82, 2.24) is 10.2 Å². The van der Waals surface area contributed by atoms with E-state index in [9.17, 15) is 9.59 Å². The molecular formula is C14H19BrN2O3. The topological polar surface area (TPSA) is 58.6 Å². The van der Waals surface area contributed by atoms with Crippen LogP contribution in [0, 0.1) is 5.41 Å². The Labute approximate surface area is 127 Å². The number of hydrogen-bond acceptors (Lipinski definition) is 4. The van der Waals surface area contributed by atoms with E-state index in [1.165, 1.54) is 0 Å². The first-order valence-electron chi connectivity index (χ1n) is 6.45. The van der Waals surface area contributed by atoms with E-state index >= 15 is 0 Å². The van der Waals surface area contributed by atoms with Gasteiger partial charge in [0.1, 0.15) is 5.60 Å². The number of nitrogens with one attached hydrogen (secondary N) is 1. The Morgan fingerprint density at radius 1 is 1.45 bits per heavy atom. The Morgan fingerprint density at radius 3 is 2.60 bits per heavy atom. The summed E-state index contributed by atoms with van der Waals surface area (Å²) in [6.07, 6.45) is 2.92. The van der Waals surface area contributed by atoms with Gasteiger partial charge in [-0.05, 0) is 56.6 Å². The second kappa shape index (κ2) is 4.62. The summed E-state index contributed by atoms with van der Waals surface area (Å²) in [5.41, 5.74) is -0.731. The zero-order valence-corrected chi connectivity index (χ0v) is 13.9. The minimum absolute atomic E-state index is 0.233. The van der Waals surface area contributed by atoms with Crippen LogP contribution < -0.4 is 5.32 Å².